The normalized spacial score (nSPS) is 10.3. The fourth-order valence-electron chi connectivity index (χ4n) is 1.91. The van der Waals surface area contributed by atoms with Gasteiger partial charge in [0.15, 0.2) is 0 Å². The molecule has 2 heteroatoms. The molecule has 0 radical (unpaired) electrons. The molecule has 0 heterocycles. The van der Waals surface area contributed by atoms with Crippen LogP contribution in [0.4, 0.5) is 0 Å². The molecule has 102 valence electrons. The van der Waals surface area contributed by atoms with Crippen molar-refractivity contribution in [1.82, 2.24) is 5.43 Å². The van der Waals surface area contributed by atoms with Crippen LogP contribution >= 0.6 is 0 Å². The Morgan fingerprint density at radius 3 is 1.71 bits per heavy atom. The molecular formula is C15H32N2. The molecule has 0 unspecified atom stereocenters. The fraction of sp³-hybridized carbons (Fsp3) is 0.933. The molecule has 0 aromatic carbocycles. The molecule has 0 saturated carbocycles. The van der Waals surface area contributed by atoms with E-state index < -0.39 is 0 Å². The van der Waals surface area contributed by atoms with Crippen molar-refractivity contribution in [3.63, 3.8) is 0 Å². The first-order valence-corrected chi connectivity index (χ1v) is 7.51. The van der Waals surface area contributed by atoms with Crippen molar-refractivity contribution in [2.45, 2.75) is 85.0 Å². The summed E-state index contributed by atoms with van der Waals surface area (Å²) in [6, 6.07) is 0. The van der Waals surface area contributed by atoms with Gasteiger partial charge in [-0.3, -0.25) is 0 Å². The van der Waals surface area contributed by atoms with Crippen LogP contribution in [0.3, 0.4) is 0 Å². The van der Waals surface area contributed by atoms with E-state index in [1.807, 2.05) is 13.8 Å². The van der Waals surface area contributed by atoms with Gasteiger partial charge in [0.25, 0.3) is 0 Å². The topological polar surface area (TPSA) is 24.4 Å². The van der Waals surface area contributed by atoms with Crippen molar-refractivity contribution in [3.8, 4) is 0 Å². The van der Waals surface area contributed by atoms with Crippen LogP contribution in [0.2, 0.25) is 0 Å². The molecular weight excluding hydrogens is 208 g/mol. The van der Waals surface area contributed by atoms with Crippen LogP contribution in [0.25, 0.3) is 0 Å². The molecule has 0 aliphatic carbocycles. The van der Waals surface area contributed by atoms with Crippen molar-refractivity contribution < 1.29 is 0 Å². The number of hydrazone groups is 1. The van der Waals surface area contributed by atoms with Gasteiger partial charge < -0.3 is 5.43 Å². The van der Waals surface area contributed by atoms with Gasteiger partial charge in [0, 0.05) is 12.3 Å². The maximum Gasteiger partial charge on any atom is 0.0329 e. The summed E-state index contributed by atoms with van der Waals surface area (Å²) in [6.45, 7) is 7.34. The predicted octanol–water partition coefficient (Wildman–Crippen LogP) is 4.89. The second-order valence-electron chi connectivity index (χ2n) is 5.15. The monoisotopic (exact) mass is 240 g/mol. The third kappa shape index (κ3) is 15.5. The molecule has 17 heavy (non-hydrogen) atoms. The number of nitrogens with zero attached hydrogens (tertiary/aromatic N) is 1. The fourth-order valence-corrected chi connectivity index (χ4v) is 1.91. The van der Waals surface area contributed by atoms with E-state index in [2.05, 4.69) is 17.5 Å². The highest BCUT2D eigenvalue weighted by molar-refractivity contribution is 5.78. The van der Waals surface area contributed by atoms with Gasteiger partial charge in [0.1, 0.15) is 0 Å². The average molecular weight is 240 g/mol. The largest absolute Gasteiger partial charge is 0.310 e. The quantitative estimate of drug-likeness (QED) is 0.293. The number of hydrogen-bond donors (Lipinski definition) is 1. The predicted molar refractivity (Wildman–Crippen MR) is 78.6 cm³/mol. The summed E-state index contributed by atoms with van der Waals surface area (Å²) < 4.78 is 0. The lowest BCUT2D eigenvalue weighted by Crippen LogP contribution is -2.08. The SMILES string of the molecule is CCCCCCCCCCCCNN=C(C)C. The Labute approximate surface area is 108 Å². The Bertz CT molecular complexity index is 172. The second-order valence-corrected chi connectivity index (χ2v) is 5.15. The molecule has 0 saturated heterocycles. The molecule has 0 fully saturated rings. The second kappa shape index (κ2) is 13.5. The Kier molecular flexibility index (Phi) is 13.1. The van der Waals surface area contributed by atoms with Crippen LogP contribution in [0, 0.1) is 0 Å². The van der Waals surface area contributed by atoms with Gasteiger partial charge in [0.05, 0.1) is 0 Å². The van der Waals surface area contributed by atoms with Gasteiger partial charge in [-0.1, -0.05) is 64.7 Å². The third-order valence-corrected chi connectivity index (χ3v) is 2.94. The summed E-state index contributed by atoms with van der Waals surface area (Å²) in [6.07, 6.45) is 13.9. The summed E-state index contributed by atoms with van der Waals surface area (Å²) in [5.74, 6) is 0. The van der Waals surface area contributed by atoms with Crippen molar-refractivity contribution in [2.24, 2.45) is 5.10 Å². The summed E-state index contributed by atoms with van der Waals surface area (Å²) in [4.78, 5) is 0. The molecule has 0 amide bonds. The lowest BCUT2D eigenvalue weighted by atomic mass is 10.1. The molecule has 0 aromatic heterocycles. The molecule has 2 nitrogen and oxygen atoms in total. The zero-order valence-corrected chi connectivity index (χ0v) is 12.2. The van der Waals surface area contributed by atoms with E-state index in [-0.39, 0.29) is 0 Å². The lowest BCUT2D eigenvalue weighted by molar-refractivity contribution is 0.547. The molecule has 0 atom stereocenters. The van der Waals surface area contributed by atoms with Crippen molar-refractivity contribution in [2.75, 3.05) is 6.54 Å². The first-order chi connectivity index (χ1) is 8.27. The highest BCUT2D eigenvalue weighted by atomic mass is 15.3. The Balaban J connectivity index is 2.96. The van der Waals surface area contributed by atoms with Gasteiger partial charge in [-0.2, -0.15) is 5.10 Å². The zero-order valence-electron chi connectivity index (χ0n) is 12.2. The van der Waals surface area contributed by atoms with Crippen LogP contribution in [-0.2, 0) is 0 Å². The van der Waals surface area contributed by atoms with Gasteiger partial charge in [-0.15, -0.1) is 0 Å². The summed E-state index contributed by atoms with van der Waals surface area (Å²) in [5, 5.41) is 4.17. The maximum absolute atomic E-state index is 4.17. The van der Waals surface area contributed by atoms with E-state index in [9.17, 15) is 0 Å². The van der Waals surface area contributed by atoms with E-state index in [0.29, 0.717) is 0 Å². The highest BCUT2D eigenvalue weighted by Gasteiger charge is 1.92. The number of unbranched alkanes of at least 4 members (excludes halogenated alkanes) is 9. The number of nitrogens with one attached hydrogen (secondary N) is 1. The molecule has 0 rings (SSSR count). The van der Waals surface area contributed by atoms with E-state index in [4.69, 9.17) is 0 Å². The van der Waals surface area contributed by atoms with Gasteiger partial charge in [-0.05, 0) is 20.3 Å². The van der Waals surface area contributed by atoms with Crippen LogP contribution < -0.4 is 5.43 Å². The Hall–Kier alpha value is -0.530. The average Bonchev–Trinajstić information content (AvgIpc) is 2.30. The molecule has 0 aromatic rings. The standard InChI is InChI=1S/C15H32N2/c1-4-5-6-7-8-9-10-11-12-13-14-16-17-15(2)3/h16H,4-14H2,1-3H3. The van der Waals surface area contributed by atoms with E-state index in [1.165, 1.54) is 64.2 Å². The van der Waals surface area contributed by atoms with Crippen molar-refractivity contribution in [1.29, 1.82) is 0 Å². The first-order valence-electron chi connectivity index (χ1n) is 7.51. The minimum atomic E-state index is 1.03. The molecule has 0 spiro atoms. The molecule has 0 aliphatic heterocycles. The lowest BCUT2D eigenvalue weighted by Gasteiger charge is -2.02. The smallest absolute Gasteiger partial charge is 0.0329 e. The number of rotatable bonds is 12. The summed E-state index contributed by atoms with van der Waals surface area (Å²) >= 11 is 0. The Morgan fingerprint density at radius 2 is 1.24 bits per heavy atom. The van der Waals surface area contributed by atoms with Crippen molar-refractivity contribution >= 4 is 5.71 Å². The summed E-state index contributed by atoms with van der Waals surface area (Å²) in [7, 11) is 0. The molecule has 1 N–H and O–H groups in total. The van der Waals surface area contributed by atoms with E-state index >= 15 is 0 Å². The van der Waals surface area contributed by atoms with Gasteiger partial charge in [0.2, 0.25) is 0 Å². The van der Waals surface area contributed by atoms with Crippen LogP contribution in [0.5, 0.6) is 0 Å². The van der Waals surface area contributed by atoms with E-state index in [1.54, 1.807) is 0 Å². The molecule has 0 aliphatic rings. The number of hydrogen-bond acceptors (Lipinski definition) is 2. The highest BCUT2D eigenvalue weighted by Crippen LogP contribution is 2.10. The maximum atomic E-state index is 4.17. The van der Waals surface area contributed by atoms with Gasteiger partial charge in [-0.25, -0.2) is 0 Å². The molecule has 0 bridgehead atoms. The third-order valence-electron chi connectivity index (χ3n) is 2.94. The first kappa shape index (κ1) is 16.5. The van der Waals surface area contributed by atoms with Gasteiger partial charge >= 0.3 is 0 Å². The van der Waals surface area contributed by atoms with Crippen LogP contribution in [0.15, 0.2) is 5.10 Å². The minimum absolute atomic E-state index is 1.03. The minimum Gasteiger partial charge on any atom is -0.310 e. The van der Waals surface area contributed by atoms with E-state index in [0.717, 1.165) is 12.3 Å². The van der Waals surface area contributed by atoms with Crippen LogP contribution in [-0.4, -0.2) is 12.3 Å². The van der Waals surface area contributed by atoms with Crippen LogP contribution in [0.1, 0.15) is 85.0 Å². The van der Waals surface area contributed by atoms with Crippen molar-refractivity contribution in [3.05, 3.63) is 0 Å². The Morgan fingerprint density at radius 1 is 0.765 bits per heavy atom. The summed E-state index contributed by atoms with van der Waals surface area (Å²) in [5.41, 5.74) is 4.21. The zero-order chi connectivity index (χ0) is 12.8.